The van der Waals surface area contributed by atoms with E-state index in [2.05, 4.69) is 25.2 Å². The number of ether oxygens (including phenoxy) is 1. The summed E-state index contributed by atoms with van der Waals surface area (Å²) in [6.07, 6.45) is 3.28. The van der Waals surface area contributed by atoms with Crippen molar-refractivity contribution in [3.8, 4) is 5.75 Å². The first-order valence-electron chi connectivity index (χ1n) is 6.64. The molecule has 1 aromatic carbocycles. The van der Waals surface area contributed by atoms with E-state index in [1.807, 2.05) is 12.1 Å². The van der Waals surface area contributed by atoms with Gasteiger partial charge < -0.3 is 10.1 Å². The van der Waals surface area contributed by atoms with Crippen LogP contribution in [0.2, 0.25) is 0 Å². The van der Waals surface area contributed by atoms with Crippen LogP contribution in [0.25, 0.3) is 0 Å². The van der Waals surface area contributed by atoms with Crippen LogP contribution in [0.4, 0.5) is 0 Å². The first-order chi connectivity index (χ1) is 8.65. The molecule has 1 amide bonds. The Balaban J connectivity index is 1.69. The molecule has 2 rings (SSSR count). The number of hydrogen-bond donors (Lipinski definition) is 1. The Morgan fingerprint density at radius 1 is 1.28 bits per heavy atom. The second-order valence-electron chi connectivity index (χ2n) is 5.09. The van der Waals surface area contributed by atoms with Gasteiger partial charge in [-0.05, 0) is 49.9 Å². The van der Waals surface area contributed by atoms with Gasteiger partial charge in [-0.3, -0.25) is 4.79 Å². The molecule has 1 N–H and O–H groups in total. The largest absolute Gasteiger partial charge is 0.492 e. The minimum atomic E-state index is 0.185. The maximum atomic E-state index is 11.6. The lowest BCUT2D eigenvalue weighted by atomic mass is 9.85. The number of carbonyl (C=O) groups is 1. The van der Waals surface area contributed by atoms with E-state index < -0.39 is 0 Å². The smallest absolute Gasteiger partial charge is 0.223 e. The number of nitrogens with one attached hydrogen (secondary N) is 1. The van der Waals surface area contributed by atoms with Gasteiger partial charge in [-0.1, -0.05) is 12.5 Å². The highest BCUT2D eigenvalue weighted by Crippen LogP contribution is 2.26. The molecule has 1 aromatic rings. The number of hydrogen-bond acceptors (Lipinski definition) is 2. The first kappa shape index (κ1) is 12.9. The van der Waals surface area contributed by atoms with Crippen molar-refractivity contribution in [2.75, 3.05) is 13.2 Å². The maximum absolute atomic E-state index is 11.6. The highest BCUT2D eigenvalue weighted by Gasteiger charge is 2.24. The third-order valence-electron chi connectivity index (χ3n) is 3.34. The summed E-state index contributed by atoms with van der Waals surface area (Å²) in [7, 11) is 0. The average Bonchev–Trinajstić information content (AvgIpc) is 2.20. The molecule has 0 saturated heterocycles. The molecule has 0 atom stereocenters. The second kappa shape index (κ2) is 5.89. The molecule has 0 bridgehead atoms. The molecule has 3 heteroatoms. The molecule has 1 fully saturated rings. The number of benzene rings is 1. The van der Waals surface area contributed by atoms with Crippen molar-refractivity contribution in [1.29, 1.82) is 0 Å². The Bertz CT molecular complexity index is 404. The number of rotatable bonds is 5. The summed E-state index contributed by atoms with van der Waals surface area (Å²) in [4.78, 5) is 11.6. The van der Waals surface area contributed by atoms with Crippen molar-refractivity contribution in [3.63, 3.8) is 0 Å². The summed E-state index contributed by atoms with van der Waals surface area (Å²) in [5, 5.41) is 2.92. The molecule has 98 valence electrons. The quantitative estimate of drug-likeness (QED) is 0.812. The molecule has 0 radical (unpaired) electrons. The van der Waals surface area contributed by atoms with Gasteiger partial charge in [-0.15, -0.1) is 0 Å². The van der Waals surface area contributed by atoms with Gasteiger partial charge in [0, 0.05) is 5.92 Å². The van der Waals surface area contributed by atoms with Crippen molar-refractivity contribution in [3.05, 3.63) is 29.3 Å². The Hall–Kier alpha value is -1.51. The zero-order valence-corrected chi connectivity index (χ0v) is 11.2. The van der Waals surface area contributed by atoms with E-state index in [0.29, 0.717) is 13.2 Å². The van der Waals surface area contributed by atoms with Gasteiger partial charge in [0.1, 0.15) is 12.4 Å². The van der Waals surface area contributed by atoms with E-state index in [4.69, 9.17) is 4.74 Å². The number of aryl methyl sites for hydroxylation is 2. The normalized spacial score (nSPS) is 15.0. The Labute approximate surface area is 109 Å². The molecule has 1 saturated carbocycles. The van der Waals surface area contributed by atoms with Crippen LogP contribution in [0.5, 0.6) is 5.75 Å². The molecule has 18 heavy (non-hydrogen) atoms. The van der Waals surface area contributed by atoms with Crippen LogP contribution in [0.3, 0.4) is 0 Å². The van der Waals surface area contributed by atoms with Crippen molar-refractivity contribution in [1.82, 2.24) is 5.32 Å². The van der Waals surface area contributed by atoms with Crippen LogP contribution >= 0.6 is 0 Å². The summed E-state index contributed by atoms with van der Waals surface area (Å²) in [6.45, 7) is 5.22. The molecular formula is C15H21NO2. The predicted octanol–water partition coefficient (Wildman–Crippen LogP) is 2.60. The van der Waals surface area contributed by atoms with Crippen molar-refractivity contribution in [2.45, 2.75) is 33.1 Å². The summed E-state index contributed by atoms with van der Waals surface area (Å²) < 4.78 is 5.63. The van der Waals surface area contributed by atoms with Crippen molar-refractivity contribution in [2.24, 2.45) is 5.92 Å². The van der Waals surface area contributed by atoms with Gasteiger partial charge in [0.2, 0.25) is 5.91 Å². The van der Waals surface area contributed by atoms with Crippen molar-refractivity contribution >= 4 is 5.91 Å². The Morgan fingerprint density at radius 3 is 2.50 bits per heavy atom. The SMILES string of the molecule is Cc1cc(C)cc(OCCNC(=O)C2CCC2)c1. The lowest BCUT2D eigenvalue weighted by Crippen LogP contribution is -2.36. The van der Waals surface area contributed by atoms with E-state index in [9.17, 15) is 4.79 Å². The average molecular weight is 247 g/mol. The first-order valence-corrected chi connectivity index (χ1v) is 6.64. The minimum absolute atomic E-state index is 0.185. The van der Waals surface area contributed by atoms with Crippen LogP contribution in [0.15, 0.2) is 18.2 Å². The van der Waals surface area contributed by atoms with E-state index in [1.54, 1.807) is 0 Å². The summed E-state index contributed by atoms with van der Waals surface area (Å²) >= 11 is 0. The lowest BCUT2D eigenvalue weighted by Gasteiger charge is -2.24. The van der Waals surface area contributed by atoms with Crippen LogP contribution in [-0.4, -0.2) is 19.1 Å². The van der Waals surface area contributed by atoms with E-state index in [0.717, 1.165) is 18.6 Å². The van der Waals surface area contributed by atoms with E-state index in [1.165, 1.54) is 17.5 Å². The van der Waals surface area contributed by atoms with Crippen LogP contribution in [-0.2, 0) is 4.79 Å². The molecule has 0 aliphatic heterocycles. The molecule has 0 aromatic heterocycles. The maximum Gasteiger partial charge on any atom is 0.223 e. The molecule has 1 aliphatic rings. The van der Waals surface area contributed by atoms with Crippen LogP contribution < -0.4 is 10.1 Å². The van der Waals surface area contributed by atoms with Gasteiger partial charge in [0.15, 0.2) is 0 Å². The molecular weight excluding hydrogens is 226 g/mol. The van der Waals surface area contributed by atoms with Gasteiger partial charge >= 0.3 is 0 Å². The van der Waals surface area contributed by atoms with Crippen molar-refractivity contribution < 1.29 is 9.53 Å². The highest BCUT2D eigenvalue weighted by molar-refractivity contribution is 5.79. The van der Waals surface area contributed by atoms with Gasteiger partial charge in [-0.25, -0.2) is 0 Å². The zero-order valence-electron chi connectivity index (χ0n) is 11.2. The number of amides is 1. The Kier molecular flexibility index (Phi) is 4.24. The standard InChI is InChI=1S/C15H21NO2/c1-11-8-12(2)10-14(9-11)18-7-6-16-15(17)13-4-3-5-13/h8-10,13H,3-7H2,1-2H3,(H,16,17). The summed E-state index contributed by atoms with van der Waals surface area (Å²) in [5.74, 6) is 1.32. The summed E-state index contributed by atoms with van der Waals surface area (Å²) in [5.41, 5.74) is 2.40. The second-order valence-corrected chi connectivity index (χ2v) is 5.09. The number of carbonyl (C=O) groups excluding carboxylic acids is 1. The zero-order chi connectivity index (χ0) is 13.0. The fourth-order valence-corrected chi connectivity index (χ4v) is 2.17. The van der Waals surface area contributed by atoms with Gasteiger partial charge in [0.25, 0.3) is 0 Å². The Morgan fingerprint density at radius 2 is 1.94 bits per heavy atom. The molecule has 3 nitrogen and oxygen atoms in total. The van der Waals surface area contributed by atoms with E-state index >= 15 is 0 Å². The third kappa shape index (κ3) is 3.49. The van der Waals surface area contributed by atoms with Crippen LogP contribution in [0, 0.1) is 19.8 Å². The van der Waals surface area contributed by atoms with Gasteiger partial charge in [-0.2, -0.15) is 0 Å². The molecule has 1 aliphatic carbocycles. The third-order valence-corrected chi connectivity index (χ3v) is 3.34. The molecule has 0 unspecified atom stereocenters. The lowest BCUT2D eigenvalue weighted by molar-refractivity contribution is -0.127. The molecule has 0 heterocycles. The topological polar surface area (TPSA) is 38.3 Å². The predicted molar refractivity (Wildman–Crippen MR) is 71.8 cm³/mol. The highest BCUT2D eigenvalue weighted by atomic mass is 16.5. The molecule has 0 spiro atoms. The van der Waals surface area contributed by atoms with Gasteiger partial charge in [0.05, 0.1) is 6.54 Å². The fourth-order valence-electron chi connectivity index (χ4n) is 2.17. The monoisotopic (exact) mass is 247 g/mol. The minimum Gasteiger partial charge on any atom is -0.492 e. The van der Waals surface area contributed by atoms with E-state index in [-0.39, 0.29) is 11.8 Å². The fraction of sp³-hybridized carbons (Fsp3) is 0.533. The summed E-state index contributed by atoms with van der Waals surface area (Å²) in [6, 6.07) is 6.15. The van der Waals surface area contributed by atoms with Crippen LogP contribution in [0.1, 0.15) is 30.4 Å².